The van der Waals surface area contributed by atoms with Gasteiger partial charge in [0.25, 0.3) is 0 Å². The first-order chi connectivity index (χ1) is 9.08. The van der Waals surface area contributed by atoms with Gasteiger partial charge in [0, 0.05) is 0 Å². The van der Waals surface area contributed by atoms with E-state index in [1.807, 2.05) is 20.8 Å². The van der Waals surface area contributed by atoms with E-state index in [4.69, 9.17) is 11.6 Å². The number of hydrogen-bond donors (Lipinski definition) is 0. The minimum absolute atomic E-state index is 0.312. The Morgan fingerprint density at radius 1 is 1.32 bits per heavy atom. The minimum atomic E-state index is -3.19. The molecule has 1 unspecified atom stereocenters. The van der Waals surface area contributed by atoms with Gasteiger partial charge in [0.2, 0.25) is 0 Å². The first-order valence-electron chi connectivity index (χ1n) is 6.97. The summed E-state index contributed by atoms with van der Waals surface area (Å²) >= 11 is -3.19. The van der Waals surface area contributed by atoms with Crippen molar-refractivity contribution in [3.8, 4) is 0 Å². The Kier molecular flexibility index (Phi) is 4.62. The molecule has 0 saturated heterocycles. The van der Waals surface area contributed by atoms with Crippen molar-refractivity contribution >= 4 is 5.71 Å². The van der Waals surface area contributed by atoms with Gasteiger partial charge in [-0.2, -0.15) is 0 Å². The first-order valence-corrected chi connectivity index (χ1v) is 9.81. The molecule has 0 radical (unpaired) electrons. The first kappa shape index (κ1) is 14.9. The number of hydrogen-bond acceptors (Lipinski definition) is 3. The third-order valence-electron chi connectivity index (χ3n) is 3.61. The molecule has 1 aliphatic heterocycles. The van der Waals surface area contributed by atoms with Crippen molar-refractivity contribution in [2.75, 3.05) is 13.2 Å². The summed E-state index contributed by atoms with van der Waals surface area (Å²) in [6.07, 6.45) is 11.7. The summed E-state index contributed by atoms with van der Waals surface area (Å²) in [5.41, 5.74) is 1.06. The molecule has 19 heavy (non-hydrogen) atoms. The van der Waals surface area contributed by atoms with Crippen molar-refractivity contribution in [1.29, 1.82) is 0 Å². The quantitative estimate of drug-likeness (QED) is 0.701. The summed E-state index contributed by atoms with van der Waals surface area (Å²) in [5, 5.41) is 0. The summed E-state index contributed by atoms with van der Waals surface area (Å²) in [6, 6.07) is 0. The van der Waals surface area contributed by atoms with Gasteiger partial charge in [-0.25, -0.2) is 0 Å². The summed E-state index contributed by atoms with van der Waals surface area (Å²) < 4.78 is 13.6. The average Bonchev–Trinajstić information content (AvgIpc) is 3.00. The van der Waals surface area contributed by atoms with Gasteiger partial charge >= 0.3 is 120 Å². The Labute approximate surface area is 120 Å². The van der Waals surface area contributed by atoms with Crippen molar-refractivity contribution in [2.24, 2.45) is 4.99 Å². The second-order valence-corrected chi connectivity index (χ2v) is 10.5. The Morgan fingerprint density at radius 2 is 2.00 bits per heavy atom. The van der Waals surface area contributed by atoms with Crippen molar-refractivity contribution in [2.45, 2.75) is 38.0 Å². The van der Waals surface area contributed by atoms with Crippen LogP contribution in [0.1, 0.15) is 34.1 Å². The van der Waals surface area contributed by atoms with Crippen LogP contribution in [0.3, 0.4) is 0 Å². The number of rotatable bonds is 6. The van der Waals surface area contributed by atoms with Crippen LogP contribution in [0.15, 0.2) is 39.3 Å². The molecular formula is C15H23NO2Ti. The van der Waals surface area contributed by atoms with Crippen molar-refractivity contribution in [3.63, 3.8) is 0 Å². The molecule has 0 saturated carbocycles. The van der Waals surface area contributed by atoms with Crippen LogP contribution in [-0.2, 0) is 24.0 Å². The second kappa shape index (κ2) is 5.88. The van der Waals surface area contributed by atoms with Gasteiger partial charge in [-0.05, 0) is 0 Å². The fourth-order valence-electron chi connectivity index (χ4n) is 2.85. The molecule has 0 aromatic carbocycles. The zero-order valence-electron chi connectivity index (χ0n) is 12.3. The Hall–Kier alpha value is -0.476. The molecule has 0 aromatic heterocycles. The number of nitrogens with zero attached hydrogens (tertiary/aromatic N) is 1. The summed E-state index contributed by atoms with van der Waals surface area (Å²) in [4.78, 5) is 4.85. The van der Waals surface area contributed by atoms with Gasteiger partial charge < -0.3 is 0 Å². The maximum absolute atomic E-state index is 6.29. The molecule has 0 bridgehead atoms. The Balaban J connectivity index is 2.46. The summed E-state index contributed by atoms with van der Waals surface area (Å²) in [5.74, 6) is 0. The SMILES string of the molecule is CC[O][Ti]([O]CC)([C]1=CC=CC1)[C]1(C)C=CC(C)=N1. The Morgan fingerprint density at radius 3 is 2.42 bits per heavy atom. The van der Waals surface area contributed by atoms with E-state index in [1.165, 1.54) is 3.88 Å². The topological polar surface area (TPSA) is 30.8 Å². The zero-order chi connectivity index (χ0) is 13.9. The van der Waals surface area contributed by atoms with E-state index in [2.05, 4.69) is 37.3 Å². The van der Waals surface area contributed by atoms with Crippen LogP contribution in [0.25, 0.3) is 0 Å². The molecule has 1 atom stereocenters. The standard InChI is InChI=1S/C6H8N.C5H5.2C2H5O.Ti/c1-5-3-4-6(2)7-5;1-2-4-5-3-1;2*1-2-3;/h3-4H,1-2H3;1-3H,4H2;2*2H2,1H3;/q;;2*-1;+2. The van der Waals surface area contributed by atoms with Gasteiger partial charge in [-0.15, -0.1) is 0 Å². The van der Waals surface area contributed by atoms with E-state index in [9.17, 15) is 0 Å². The van der Waals surface area contributed by atoms with Gasteiger partial charge in [0.1, 0.15) is 0 Å². The molecule has 3 nitrogen and oxygen atoms in total. The van der Waals surface area contributed by atoms with Crippen LogP contribution in [0.5, 0.6) is 0 Å². The van der Waals surface area contributed by atoms with E-state index >= 15 is 0 Å². The normalized spacial score (nSPS) is 25.9. The molecule has 4 heteroatoms. The van der Waals surface area contributed by atoms with Gasteiger partial charge in [-0.3, -0.25) is 0 Å². The van der Waals surface area contributed by atoms with Crippen LogP contribution in [0.2, 0.25) is 0 Å². The summed E-state index contributed by atoms with van der Waals surface area (Å²) in [6.45, 7) is 9.63. The molecule has 2 aliphatic rings. The van der Waals surface area contributed by atoms with Crippen molar-refractivity contribution in [3.05, 3.63) is 34.3 Å². The monoisotopic (exact) mass is 297 g/mol. The molecule has 0 N–H and O–H groups in total. The number of allylic oxidation sites excluding steroid dienone is 5. The fraction of sp³-hybridized carbons (Fsp3) is 0.533. The molecule has 0 amide bonds. The van der Waals surface area contributed by atoms with Gasteiger partial charge in [0.05, 0.1) is 0 Å². The van der Waals surface area contributed by atoms with Crippen molar-refractivity contribution < 1.29 is 24.0 Å². The van der Waals surface area contributed by atoms with E-state index < -0.39 is 17.4 Å². The molecule has 1 heterocycles. The molecule has 2 rings (SSSR count). The van der Waals surface area contributed by atoms with Gasteiger partial charge in [0.15, 0.2) is 0 Å². The van der Waals surface area contributed by atoms with Crippen LogP contribution in [0, 0.1) is 0 Å². The molecule has 104 valence electrons. The average molecular weight is 297 g/mol. The zero-order valence-corrected chi connectivity index (χ0v) is 13.8. The van der Waals surface area contributed by atoms with Crippen LogP contribution < -0.4 is 0 Å². The fourth-order valence-corrected chi connectivity index (χ4v) is 8.83. The third kappa shape index (κ3) is 2.57. The van der Waals surface area contributed by atoms with E-state index in [-0.39, 0.29) is 3.84 Å². The van der Waals surface area contributed by atoms with E-state index in [0.717, 1.165) is 12.1 Å². The molecule has 0 fully saturated rings. The predicted octanol–water partition coefficient (Wildman–Crippen LogP) is 3.63. The van der Waals surface area contributed by atoms with Crippen LogP contribution >= 0.6 is 0 Å². The third-order valence-corrected chi connectivity index (χ3v) is 10.2. The molecule has 0 spiro atoms. The maximum atomic E-state index is 6.29. The van der Waals surface area contributed by atoms with E-state index in [1.54, 1.807) is 0 Å². The Bertz CT molecular complexity index is 459. The van der Waals surface area contributed by atoms with Crippen molar-refractivity contribution in [1.82, 2.24) is 0 Å². The second-order valence-electron chi connectivity index (χ2n) is 5.04. The molecule has 1 aliphatic carbocycles. The molecular weight excluding hydrogens is 274 g/mol. The van der Waals surface area contributed by atoms with Gasteiger partial charge in [-0.1, -0.05) is 0 Å². The number of aliphatic imine (C=N–C) groups is 1. The molecule has 0 aromatic rings. The van der Waals surface area contributed by atoms with Crippen LogP contribution in [0.4, 0.5) is 0 Å². The van der Waals surface area contributed by atoms with Crippen LogP contribution in [-0.4, -0.2) is 22.8 Å². The van der Waals surface area contributed by atoms with E-state index in [0.29, 0.717) is 13.2 Å². The predicted molar refractivity (Wildman–Crippen MR) is 75.7 cm³/mol. The summed E-state index contributed by atoms with van der Waals surface area (Å²) in [7, 11) is 0.